The third kappa shape index (κ3) is 2.14. The Hall–Kier alpha value is -1.74. The second-order valence-electron chi connectivity index (χ2n) is 4.83. The summed E-state index contributed by atoms with van der Waals surface area (Å²) < 4.78 is 5.80. The van der Waals surface area contributed by atoms with Crippen LogP contribution in [0.5, 0.6) is 11.5 Å². The number of rotatable bonds is 2. The molecule has 0 aliphatic carbocycles. The zero-order valence-electron chi connectivity index (χ0n) is 10.4. The van der Waals surface area contributed by atoms with Crippen LogP contribution in [0.1, 0.15) is 11.1 Å². The van der Waals surface area contributed by atoms with E-state index < -0.39 is 0 Å². The van der Waals surface area contributed by atoms with Crippen LogP contribution in [0.25, 0.3) is 0 Å². The topological polar surface area (TPSA) is 29.5 Å². The van der Waals surface area contributed by atoms with Gasteiger partial charge in [-0.3, -0.25) is 0 Å². The van der Waals surface area contributed by atoms with Crippen LogP contribution in [0.4, 0.5) is 0 Å². The summed E-state index contributed by atoms with van der Waals surface area (Å²) in [4.78, 5) is 0. The van der Waals surface area contributed by atoms with Gasteiger partial charge in [0.2, 0.25) is 0 Å². The largest absolute Gasteiger partial charge is 0.457 e. The smallest absolute Gasteiger partial charge is 0.324 e. The molecule has 0 atom stereocenters. The van der Waals surface area contributed by atoms with Crippen molar-refractivity contribution < 1.29 is 9.76 Å². The van der Waals surface area contributed by atoms with Gasteiger partial charge < -0.3 is 9.76 Å². The predicted octanol–water partition coefficient (Wildman–Crippen LogP) is 2.53. The summed E-state index contributed by atoms with van der Waals surface area (Å²) in [5.74, 6) is 1.62. The van der Waals surface area contributed by atoms with E-state index in [1.165, 1.54) is 11.1 Å². The first-order chi connectivity index (χ1) is 8.72. The highest BCUT2D eigenvalue weighted by molar-refractivity contribution is 6.68. The third-order valence-electron chi connectivity index (χ3n) is 3.42. The van der Waals surface area contributed by atoms with Crippen LogP contribution in [0, 0.1) is 6.92 Å². The first-order valence-electron chi connectivity index (χ1n) is 6.28. The highest BCUT2D eigenvalue weighted by atomic mass is 16.5. The molecule has 0 fully saturated rings. The number of hydrogen-bond acceptors (Lipinski definition) is 2. The van der Waals surface area contributed by atoms with Gasteiger partial charge in [0.1, 0.15) is 11.5 Å². The molecule has 90 valence electrons. The van der Waals surface area contributed by atoms with Crippen molar-refractivity contribution in [2.24, 2.45) is 0 Å². The summed E-state index contributed by atoms with van der Waals surface area (Å²) in [6.07, 6.45) is 1.78. The molecular formula is C15H15BO2. The molecule has 0 spiro atoms. The molecule has 0 aromatic heterocycles. The number of benzene rings is 2. The molecule has 3 heteroatoms. The zero-order valence-corrected chi connectivity index (χ0v) is 10.4. The fraction of sp³-hybridized carbons (Fsp3) is 0.200. The minimum Gasteiger partial charge on any atom is -0.457 e. The quantitative estimate of drug-likeness (QED) is 0.814. The summed E-state index contributed by atoms with van der Waals surface area (Å²) in [5, 5.41) is 9.85. The maximum Gasteiger partial charge on any atom is 0.324 e. The summed E-state index contributed by atoms with van der Waals surface area (Å²) in [5.41, 5.74) is 3.46. The lowest BCUT2D eigenvalue weighted by molar-refractivity contribution is 0.482. The minimum atomic E-state index is -0.332. The first kappa shape index (κ1) is 11.4. The Morgan fingerprint density at radius 2 is 1.78 bits per heavy atom. The van der Waals surface area contributed by atoms with E-state index in [2.05, 4.69) is 13.0 Å². The van der Waals surface area contributed by atoms with E-state index >= 15 is 0 Å². The SMILES string of the molecule is Cc1ccc(Oc2ccc3c(c2)B(O)CC3)cc1. The van der Waals surface area contributed by atoms with Crippen molar-refractivity contribution in [1.82, 2.24) is 0 Å². The molecule has 3 rings (SSSR count). The van der Waals surface area contributed by atoms with E-state index in [0.29, 0.717) is 0 Å². The Bertz CT molecular complexity index is 563. The van der Waals surface area contributed by atoms with Crippen molar-refractivity contribution in [2.45, 2.75) is 19.7 Å². The lowest BCUT2D eigenvalue weighted by atomic mass is 9.63. The van der Waals surface area contributed by atoms with Crippen LogP contribution in [-0.2, 0) is 6.42 Å². The standard InChI is InChI=1S/C15H15BO2/c1-11-2-5-13(6-3-11)18-14-7-4-12-8-9-16(17)15(12)10-14/h2-7,10,17H,8-9H2,1H3. The summed E-state index contributed by atoms with van der Waals surface area (Å²) in [6.45, 7) is 1.72. The number of fused-ring (bicyclic) bond motifs is 1. The van der Waals surface area contributed by atoms with Crippen molar-refractivity contribution in [1.29, 1.82) is 0 Å². The van der Waals surface area contributed by atoms with Gasteiger partial charge in [-0.2, -0.15) is 0 Å². The van der Waals surface area contributed by atoms with Crippen molar-refractivity contribution in [3.05, 3.63) is 53.6 Å². The first-order valence-corrected chi connectivity index (χ1v) is 6.28. The minimum absolute atomic E-state index is 0.332. The van der Waals surface area contributed by atoms with Gasteiger partial charge in [0.25, 0.3) is 0 Å². The van der Waals surface area contributed by atoms with Crippen molar-refractivity contribution in [2.75, 3.05) is 0 Å². The van der Waals surface area contributed by atoms with E-state index in [4.69, 9.17) is 4.74 Å². The van der Waals surface area contributed by atoms with Gasteiger partial charge in [-0.25, -0.2) is 0 Å². The molecule has 0 radical (unpaired) electrons. The number of aryl methyl sites for hydroxylation is 2. The van der Waals surface area contributed by atoms with Crippen LogP contribution in [-0.4, -0.2) is 11.9 Å². The Morgan fingerprint density at radius 1 is 1.06 bits per heavy atom. The highest BCUT2D eigenvalue weighted by Gasteiger charge is 2.25. The van der Waals surface area contributed by atoms with Gasteiger partial charge in [0.15, 0.2) is 0 Å². The number of hydrogen-bond donors (Lipinski definition) is 1. The molecule has 1 aliphatic rings. The monoisotopic (exact) mass is 238 g/mol. The van der Waals surface area contributed by atoms with Crippen molar-refractivity contribution in [3.63, 3.8) is 0 Å². The molecule has 0 saturated heterocycles. The van der Waals surface area contributed by atoms with E-state index in [0.717, 1.165) is 29.7 Å². The fourth-order valence-corrected chi connectivity index (χ4v) is 2.36. The molecule has 1 heterocycles. The second-order valence-corrected chi connectivity index (χ2v) is 4.83. The Kier molecular flexibility index (Phi) is 2.84. The molecule has 1 aliphatic heterocycles. The summed E-state index contributed by atoms with van der Waals surface area (Å²) >= 11 is 0. The van der Waals surface area contributed by atoms with Crippen molar-refractivity contribution >= 4 is 12.4 Å². The Labute approximate surface area is 107 Å². The molecule has 18 heavy (non-hydrogen) atoms. The molecule has 0 bridgehead atoms. The molecular weight excluding hydrogens is 223 g/mol. The van der Waals surface area contributed by atoms with Crippen LogP contribution < -0.4 is 10.2 Å². The van der Waals surface area contributed by atoms with Gasteiger partial charge in [-0.05, 0) is 49.4 Å². The predicted molar refractivity (Wildman–Crippen MR) is 73.8 cm³/mol. The average Bonchev–Trinajstić information content (AvgIpc) is 2.74. The molecule has 2 aromatic rings. The maximum absolute atomic E-state index is 9.85. The molecule has 0 saturated carbocycles. The van der Waals surface area contributed by atoms with Gasteiger partial charge in [0.05, 0.1) is 0 Å². The van der Waals surface area contributed by atoms with E-state index in [-0.39, 0.29) is 6.92 Å². The van der Waals surface area contributed by atoms with Gasteiger partial charge in [-0.15, -0.1) is 0 Å². The molecule has 0 unspecified atom stereocenters. The van der Waals surface area contributed by atoms with Crippen LogP contribution in [0.3, 0.4) is 0 Å². The fourth-order valence-electron chi connectivity index (χ4n) is 2.36. The van der Waals surface area contributed by atoms with Gasteiger partial charge in [-0.1, -0.05) is 29.3 Å². The van der Waals surface area contributed by atoms with Crippen molar-refractivity contribution in [3.8, 4) is 11.5 Å². The van der Waals surface area contributed by atoms with Gasteiger partial charge in [0, 0.05) is 0 Å². The van der Waals surface area contributed by atoms with E-state index in [9.17, 15) is 5.02 Å². The highest BCUT2D eigenvalue weighted by Crippen LogP contribution is 2.23. The Balaban J connectivity index is 1.85. The summed E-state index contributed by atoms with van der Waals surface area (Å²) in [7, 11) is 0. The third-order valence-corrected chi connectivity index (χ3v) is 3.42. The second kappa shape index (κ2) is 4.50. The zero-order chi connectivity index (χ0) is 12.5. The molecule has 2 nitrogen and oxygen atoms in total. The van der Waals surface area contributed by atoms with Crippen LogP contribution >= 0.6 is 0 Å². The lowest BCUT2D eigenvalue weighted by Crippen LogP contribution is -2.25. The number of ether oxygens (including phenoxy) is 1. The van der Waals surface area contributed by atoms with Crippen LogP contribution in [0.15, 0.2) is 42.5 Å². The molecule has 1 N–H and O–H groups in total. The Morgan fingerprint density at radius 3 is 2.56 bits per heavy atom. The lowest BCUT2D eigenvalue weighted by Gasteiger charge is -2.08. The summed E-state index contributed by atoms with van der Waals surface area (Å²) in [6, 6.07) is 13.9. The van der Waals surface area contributed by atoms with E-state index in [1.54, 1.807) is 0 Å². The average molecular weight is 238 g/mol. The molecule has 0 amide bonds. The molecule has 2 aromatic carbocycles. The maximum atomic E-state index is 9.85. The normalized spacial score (nSPS) is 13.6. The van der Waals surface area contributed by atoms with Gasteiger partial charge >= 0.3 is 6.92 Å². The van der Waals surface area contributed by atoms with Crippen LogP contribution in [0.2, 0.25) is 6.32 Å². The van der Waals surface area contributed by atoms with E-state index in [1.807, 2.05) is 36.4 Å².